The molecule has 0 heterocycles. The number of hydrogen-bond acceptors (Lipinski definition) is 2. The molecule has 2 N–H and O–H groups in total. The normalized spacial score (nSPS) is 23.4. The van der Waals surface area contributed by atoms with Crippen LogP contribution in [0, 0.1) is 5.92 Å². The fourth-order valence-corrected chi connectivity index (χ4v) is 3.40. The van der Waals surface area contributed by atoms with Gasteiger partial charge in [0, 0.05) is 23.8 Å². The average Bonchev–Trinajstić information content (AvgIpc) is 2.39. The van der Waals surface area contributed by atoms with Crippen molar-refractivity contribution in [2.45, 2.75) is 45.1 Å². The van der Waals surface area contributed by atoms with Crippen LogP contribution in [-0.2, 0) is 6.42 Å². The van der Waals surface area contributed by atoms with Crippen LogP contribution in [0.4, 0.5) is 5.69 Å². The summed E-state index contributed by atoms with van der Waals surface area (Å²) < 4.78 is 0. The maximum Gasteiger partial charge on any atom is 0.0410 e. The minimum Gasteiger partial charge on any atom is -0.371 e. The maximum absolute atomic E-state index is 6.11. The van der Waals surface area contributed by atoms with E-state index < -0.39 is 0 Å². The molecule has 2 rings (SSSR count). The SMILES string of the molecule is CC1CCCC(N(C)c2ccc(Cl)cc2CCN)C1. The summed E-state index contributed by atoms with van der Waals surface area (Å²) in [6.45, 7) is 3.03. The van der Waals surface area contributed by atoms with Crippen molar-refractivity contribution < 1.29 is 0 Å². The summed E-state index contributed by atoms with van der Waals surface area (Å²) in [7, 11) is 2.21. The fraction of sp³-hybridized carbons (Fsp3) is 0.625. The molecule has 106 valence electrons. The highest BCUT2D eigenvalue weighted by Gasteiger charge is 2.23. The third-order valence-electron chi connectivity index (χ3n) is 4.29. The van der Waals surface area contributed by atoms with Crippen molar-refractivity contribution in [1.29, 1.82) is 0 Å². The highest BCUT2D eigenvalue weighted by atomic mass is 35.5. The predicted molar refractivity (Wildman–Crippen MR) is 84.0 cm³/mol. The molecule has 0 aromatic heterocycles. The molecule has 2 unspecified atom stereocenters. The van der Waals surface area contributed by atoms with Crippen molar-refractivity contribution in [3.8, 4) is 0 Å². The molecule has 0 bridgehead atoms. The van der Waals surface area contributed by atoms with Crippen LogP contribution in [0.2, 0.25) is 5.02 Å². The van der Waals surface area contributed by atoms with Gasteiger partial charge in [-0.2, -0.15) is 0 Å². The Morgan fingerprint density at radius 2 is 2.16 bits per heavy atom. The second kappa shape index (κ2) is 6.62. The van der Waals surface area contributed by atoms with E-state index in [-0.39, 0.29) is 0 Å². The third kappa shape index (κ3) is 3.64. The molecule has 1 aliphatic carbocycles. The van der Waals surface area contributed by atoms with Gasteiger partial charge in [0.05, 0.1) is 0 Å². The van der Waals surface area contributed by atoms with E-state index in [0.29, 0.717) is 12.6 Å². The maximum atomic E-state index is 6.11. The van der Waals surface area contributed by atoms with E-state index >= 15 is 0 Å². The zero-order valence-corrected chi connectivity index (χ0v) is 12.8. The second-order valence-electron chi connectivity index (χ2n) is 5.85. The summed E-state index contributed by atoms with van der Waals surface area (Å²) in [4.78, 5) is 2.44. The topological polar surface area (TPSA) is 29.3 Å². The van der Waals surface area contributed by atoms with Crippen molar-refractivity contribution >= 4 is 17.3 Å². The largest absolute Gasteiger partial charge is 0.371 e. The average molecular weight is 281 g/mol. The lowest BCUT2D eigenvalue weighted by Crippen LogP contribution is -2.36. The monoisotopic (exact) mass is 280 g/mol. The van der Waals surface area contributed by atoms with Crippen LogP contribution in [0.15, 0.2) is 18.2 Å². The lowest BCUT2D eigenvalue weighted by atomic mass is 9.86. The minimum absolute atomic E-state index is 0.654. The first-order valence-electron chi connectivity index (χ1n) is 7.33. The molecule has 2 nitrogen and oxygen atoms in total. The molecule has 1 aliphatic rings. The van der Waals surface area contributed by atoms with Gasteiger partial charge in [-0.1, -0.05) is 31.4 Å². The summed E-state index contributed by atoms with van der Waals surface area (Å²) in [5.74, 6) is 0.839. The lowest BCUT2D eigenvalue weighted by Gasteiger charge is -2.36. The number of rotatable bonds is 4. The minimum atomic E-state index is 0.654. The molecule has 0 amide bonds. The van der Waals surface area contributed by atoms with Gasteiger partial charge in [-0.25, -0.2) is 0 Å². The smallest absolute Gasteiger partial charge is 0.0410 e. The second-order valence-corrected chi connectivity index (χ2v) is 6.28. The Balaban J connectivity index is 2.19. The highest BCUT2D eigenvalue weighted by molar-refractivity contribution is 6.30. The Morgan fingerprint density at radius 1 is 1.37 bits per heavy atom. The zero-order valence-electron chi connectivity index (χ0n) is 12.0. The van der Waals surface area contributed by atoms with E-state index in [1.54, 1.807) is 0 Å². The van der Waals surface area contributed by atoms with Crippen molar-refractivity contribution in [2.24, 2.45) is 11.7 Å². The van der Waals surface area contributed by atoms with Crippen LogP contribution in [0.25, 0.3) is 0 Å². The van der Waals surface area contributed by atoms with Gasteiger partial charge in [-0.15, -0.1) is 0 Å². The molecule has 0 radical (unpaired) electrons. The van der Waals surface area contributed by atoms with Crippen molar-refractivity contribution in [1.82, 2.24) is 0 Å². The summed E-state index contributed by atoms with van der Waals surface area (Å²) in [6.07, 6.45) is 6.20. The van der Waals surface area contributed by atoms with Gasteiger partial charge in [-0.3, -0.25) is 0 Å². The van der Waals surface area contributed by atoms with Gasteiger partial charge in [0.2, 0.25) is 0 Å². The molecule has 0 aliphatic heterocycles. The van der Waals surface area contributed by atoms with Crippen LogP contribution in [0.1, 0.15) is 38.2 Å². The number of nitrogens with zero attached hydrogens (tertiary/aromatic N) is 1. The van der Waals surface area contributed by atoms with E-state index in [4.69, 9.17) is 17.3 Å². The molecular formula is C16H25ClN2. The summed E-state index contributed by atoms with van der Waals surface area (Å²) in [5.41, 5.74) is 8.29. The molecule has 0 spiro atoms. The summed E-state index contributed by atoms with van der Waals surface area (Å²) in [6, 6.07) is 6.85. The van der Waals surface area contributed by atoms with Gasteiger partial charge in [0.15, 0.2) is 0 Å². The molecule has 1 fully saturated rings. The van der Waals surface area contributed by atoms with Gasteiger partial charge >= 0.3 is 0 Å². The fourth-order valence-electron chi connectivity index (χ4n) is 3.20. The van der Waals surface area contributed by atoms with Crippen molar-refractivity contribution in [3.05, 3.63) is 28.8 Å². The van der Waals surface area contributed by atoms with E-state index in [2.05, 4.69) is 31.0 Å². The number of hydrogen-bond donors (Lipinski definition) is 1. The van der Waals surface area contributed by atoms with Gasteiger partial charge < -0.3 is 10.6 Å². The molecule has 19 heavy (non-hydrogen) atoms. The first-order chi connectivity index (χ1) is 9.11. The Labute approximate surface area is 121 Å². The zero-order chi connectivity index (χ0) is 13.8. The van der Waals surface area contributed by atoms with Gasteiger partial charge in [0.25, 0.3) is 0 Å². The van der Waals surface area contributed by atoms with E-state index in [1.807, 2.05) is 6.07 Å². The quantitative estimate of drug-likeness (QED) is 0.907. The van der Waals surface area contributed by atoms with Crippen LogP contribution in [-0.4, -0.2) is 19.6 Å². The Morgan fingerprint density at radius 3 is 2.84 bits per heavy atom. The summed E-state index contributed by atoms with van der Waals surface area (Å²) in [5, 5.41) is 0.803. The molecule has 1 aromatic carbocycles. The predicted octanol–water partition coefficient (Wildman–Crippen LogP) is 3.86. The number of nitrogens with two attached hydrogens (primary N) is 1. The van der Waals surface area contributed by atoms with Crippen LogP contribution >= 0.6 is 11.6 Å². The Bertz CT molecular complexity index is 419. The third-order valence-corrected chi connectivity index (χ3v) is 4.53. The molecular weight excluding hydrogens is 256 g/mol. The molecule has 3 heteroatoms. The number of benzene rings is 1. The van der Waals surface area contributed by atoms with E-state index in [1.165, 1.54) is 36.9 Å². The van der Waals surface area contributed by atoms with Crippen LogP contribution in [0.5, 0.6) is 0 Å². The van der Waals surface area contributed by atoms with Crippen molar-refractivity contribution in [2.75, 3.05) is 18.5 Å². The molecule has 1 saturated carbocycles. The van der Waals surface area contributed by atoms with Gasteiger partial charge in [-0.05, 0) is 55.5 Å². The molecule has 0 saturated heterocycles. The number of anilines is 1. The first-order valence-corrected chi connectivity index (χ1v) is 7.71. The standard InChI is InChI=1S/C16H25ClN2/c1-12-4-3-5-15(10-12)19(2)16-7-6-14(17)11-13(16)8-9-18/h6-7,11-12,15H,3-5,8-10,18H2,1-2H3. The molecule has 1 aromatic rings. The Hall–Kier alpha value is -0.730. The molecule has 2 atom stereocenters. The van der Waals surface area contributed by atoms with Crippen LogP contribution < -0.4 is 10.6 Å². The van der Waals surface area contributed by atoms with E-state index in [9.17, 15) is 0 Å². The van der Waals surface area contributed by atoms with Crippen molar-refractivity contribution in [3.63, 3.8) is 0 Å². The highest BCUT2D eigenvalue weighted by Crippen LogP contribution is 2.32. The lowest BCUT2D eigenvalue weighted by molar-refractivity contribution is 0.336. The van der Waals surface area contributed by atoms with Crippen LogP contribution in [0.3, 0.4) is 0 Å². The van der Waals surface area contributed by atoms with Gasteiger partial charge in [0.1, 0.15) is 0 Å². The summed E-state index contributed by atoms with van der Waals surface area (Å²) >= 11 is 6.11. The van der Waals surface area contributed by atoms with E-state index in [0.717, 1.165) is 17.4 Å². The first kappa shape index (κ1) is 14.7. The Kier molecular flexibility index (Phi) is 5.12. The number of halogens is 1.